The Bertz CT molecular complexity index is 1120. The zero-order chi connectivity index (χ0) is 20.1. The number of Topliss-reactive ketones (excluding diaryl/α,β-unsaturated/α-hetero) is 2. The molecule has 0 radical (unpaired) electrons. The van der Waals surface area contributed by atoms with Gasteiger partial charge in [0.25, 0.3) is 11.6 Å². The lowest BCUT2D eigenvalue weighted by Gasteiger charge is -2.57. The summed E-state index contributed by atoms with van der Waals surface area (Å²) in [5, 5.41) is 21.3. The van der Waals surface area contributed by atoms with E-state index in [0.717, 1.165) is 0 Å². The Labute approximate surface area is 164 Å². The van der Waals surface area contributed by atoms with Crippen molar-refractivity contribution in [2.75, 3.05) is 7.11 Å². The molecule has 2 aliphatic carbocycles. The van der Waals surface area contributed by atoms with Crippen LogP contribution in [0.3, 0.4) is 0 Å². The maximum Gasteiger partial charge on any atom is 0.272 e. The zero-order valence-corrected chi connectivity index (χ0v) is 15.3. The minimum Gasteiger partial charge on any atom is -0.507 e. The summed E-state index contributed by atoms with van der Waals surface area (Å²) in [4.78, 5) is 25.3. The van der Waals surface area contributed by atoms with E-state index in [2.05, 4.69) is 0 Å². The summed E-state index contributed by atoms with van der Waals surface area (Å²) in [7, 11) is 1.45. The van der Waals surface area contributed by atoms with Gasteiger partial charge < -0.3 is 24.4 Å². The normalized spacial score (nSPS) is 33.3. The molecule has 0 unspecified atom stereocenters. The molecule has 2 aliphatic heterocycles. The van der Waals surface area contributed by atoms with Crippen LogP contribution in [0, 0.1) is 0 Å². The number of aromatic hydroxyl groups is 1. The average Bonchev–Trinajstić information content (AvgIpc) is 2.70. The molecule has 8 heteroatoms. The van der Waals surface area contributed by atoms with Gasteiger partial charge in [-0.05, 0) is 18.2 Å². The Morgan fingerprint density at radius 1 is 1.00 bits per heavy atom. The van der Waals surface area contributed by atoms with Crippen molar-refractivity contribution in [2.45, 2.75) is 36.6 Å². The molecule has 148 valence electrons. The lowest BCUT2D eigenvalue weighted by Crippen LogP contribution is -2.67. The molecule has 0 fully saturated rings. The second-order valence-corrected chi connectivity index (χ2v) is 7.65. The van der Waals surface area contributed by atoms with Crippen LogP contribution >= 0.6 is 0 Å². The van der Waals surface area contributed by atoms with Crippen molar-refractivity contribution in [1.82, 2.24) is 0 Å². The Kier molecular flexibility index (Phi) is 3.01. The zero-order valence-electron chi connectivity index (χ0n) is 15.3. The van der Waals surface area contributed by atoms with E-state index in [0.29, 0.717) is 16.9 Å². The molecule has 2 aromatic rings. The second-order valence-electron chi connectivity index (χ2n) is 7.65. The predicted molar refractivity (Wildman–Crippen MR) is 94.9 cm³/mol. The molecule has 0 saturated heterocycles. The number of phenolic OH excluding ortho intramolecular Hbond substituents is 1. The molecule has 0 amide bonds. The van der Waals surface area contributed by atoms with Gasteiger partial charge in [0.1, 0.15) is 29.5 Å². The Morgan fingerprint density at radius 2 is 1.76 bits per heavy atom. The maximum absolute atomic E-state index is 12.7. The highest BCUT2D eigenvalue weighted by atomic mass is 16.8. The summed E-state index contributed by atoms with van der Waals surface area (Å²) in [6.45, 7) is 0. The van der Waals surface area contributed by atoms with Crippen LogP contribution in [-0.4, -0.2) is 41.1 Å². The lowest BCUT2D eigenvalue weighted by molar-refractivity contribution is -0.406. The number of benzene rings is 2. The second kappa shape index (κ2) is 5.15. The molecule has 4 atom stereocenters. The number of phenols is 1. The van der Waals surface area contributed by atoms with Gasteiger partial charge in [0.15, 0.2) is 11.6 Å². The molecular formula is C21H16O8. The highest BCUT2D eigenvalue weighted by molar-refractivity contribution is 6.03. The molecule has 29 heavy (non-hydrogen) atoms. The lowest BCUT2D eigenvalue weighted by atomic mass is 9.76. The molecule has 2 heterocycles. The quantitative estimate of drug-likeness (QED) is 0.750. The number of rotatable bonds is 1. The molecule has 4 aliphatic rings. The first kappa shape index (κ1) is 17.0. The number of aliphatic hydroxyl groups is 1. The summed E-state index contributed by atoms with van der Waals surface area (Å²) in [5.74, 6) is -3.61. The average molecular weight is 396 g/mol. The van der Waals surface area contributed by atoms with E-state index in [9.17, 15) is 19.8 Å². The summed E-state index contributed by atoms with van der Waals surface area (Å²) < 4.78 is 24.4. The fourth-order valence-corrected chi connectivity index (χ4v) is 4.95. The third-order valence-corrected chi connectivity index (χ3v) is 6.17. The molecule has 8 nitrogen and oxygen atoms in total. The van der Waals surface area contributed by atoms with E-state index in [1.807, 2.05) is 0 Å². The molecule has 2 spiro atoms. The summed E-state index contributed by atoms with van der Waals surface area (Å²) in [5.41, 5.74) is 0.949. The molecular weight excluding hydrogens is 380 g/mol. The van der Waals surface area contributed by atoms with Crippen molar-refractivity contribution < 1.29 is 38.7 Å². The number of hydrogen-bond donors (Lipinski definition) is 2. The molecule has 0 aromatic heterocycles. The van der Waals surface area contributed by atoms with Crippen molar-refractivity contribution in [2.24, 2.45) is 0 Å². The smallest absolute Gasteiger partial charge is 0.272 e. The first-order valence-corrected chi connectivity index (χ1v) is 9.26. The number of carbonyl (C=O) groups is 2. The van der Waals surface area contributed by atoms with Gasteiger partial charge in [-0.2, -0.15) is 0 Å². The SMILES string of the molecule is CO[C@@H]1CC(=O)c2cccc3c2[C@@]12Oc1ccc(O)c4c1[C@](O3)(O2)[C@H](O)CC4=O. The van der Waals surface area contributed by atoms with Gasteiger partial charge in [-0.3, -0.25) is 14.3 Å². The van der Waals surface area contributed by atoms with E-state index >= 15 is 0 Å². The van der Waals surface area contributed by atoms with Crippen LogP contribution in [0.15, 0.2) is 30.3 Å². The van der Waals surface area contributed by atoms with Crippen molar-refractivity contribution in [1.29, 1.82) is 0 Å². The van der Waals surface area contributed by atoms with Crippen LogP contribution < -0.4 is 9.47 Å². The number of ether oxygens (including phenoxy) is 4. The van der Waals surface area contributed by atoms with Crippen LogP contribution in [0.1, 0.15) is 44.7 Å². The minimum atomic E-state index is -1.78. The van der Waals surface area contributed by atoms with Crippen molar-refractivity contribution in [3.8, 4) is 17.2 Å². The van der Waals surface area contributed by atoms with Crippen molar-refractivity contribution in [3.05, 3.63) is 52.6 Å². The third kappa shape index (κ3) is 1.80. The number of carbonyl (C=O) groups excluding carboxylic acids is 2. The highest BCUT2D eigenvalue weighted by Gasteiger charge is 2.69. The van der Waals surface area contributed by atoms with Gasteiger partial charge in [0, 0.05) is 25.5 Å². The van der Waals surface area contributed by atoms with Gasteiger partial charge in [0.2, 0.25) is 0 Å². The van der Waals surface area contributed by atoms with Crippen LogP contribution in [0.4, 0.5) is 0 Å². The van der Waals surface area contributed by atoms with Crippen molar-refractivity contribution in [3.63, 3.8) is 0 Å². The Hall–Kier alpha value is -2.94. The van der Waals surface area contributed by atoms with E-state index < -0.39 is 29.6 Å². The highest BCUT2D eigenvalue weighted by Crippen LogP contribution is 2.62. The number of methoxy groups -OCH3 is 1. The molecule has 0 saturated carbocycles. The van der Waals surface area contributed by atoms with Crippen LogP contribution in [-0.2, 0) is 21.0 Å². The van der Waals surface area contributed by atoms with Gasteiger partial charge in [-0.15, -0.1) is 0 Å². The minimum absolute atomic E-state index is 0.00288. The summed E-state index contributed by atoms with van der Waals surface area (Å²) >= 11 is 0. The largest absolute Gasteiger partial charge is 0.507 e. The van der Waals surface area contributed by atoms with Gasteiger partial charge >= 0.3 is 0 Å². The van der Waals surface area contributed by atoms with Crippen LogP contribution in [0.25, 0.3) is 0 Å². The summed E-state index contributed by atoms with van der Waals surface area (Å²) in [6.07, 6.45) is -2.44. The van der Waals surface area contributed by atoms with E-state index in [4.69, 9.17) is 18.9 Å². The van der Waals surface area contributed by atoms with Crippen molar-refractivity contribution >= 4 is 11.6 Å². The number of ketones is 2. The fourth-order valence-electron chi connectivity index (χ4n) is 4.95. The van der Waals surface area contributed by atoms with Crippen LogP contribution in [0.5, 0.6) is 17.2 Å². The third-order valence-electron chi connectivity index (χ3n) is 6.17. The standard InChI is InChI=1S/C21H16O8/c1-26-16-8-11(23)9-3-2-4-13-18(9)21(16)28-14-6-5-10(22)17-12(24)7-15(25)20(27-13,29-21)19(14)17/h2-6,15-16,22,25H,7-8H2,1H3/t15-,16-,20-,21-/m1/s1. The first-order valence-electron chi connectivity index (χ1n) is 9.26. The van der Waals surface area contributed by atoms with Gasteiger partial charge in [-0.25, -0.2) is 0 Å². The maximum atomic E-state index is 12.7. The molecule has 2 aromatic carbocycles. The van der Waals surface area contributed by atoms with Crippen LogP contribution in [0.2, 0.25) is 0 Å². The topological polar surface area (TPSA) is 112 Å². The van der Waals surface area contributed by atoms with E-state index in [1.54, 1.807) is 18.2 Å². The number of aliphatic hydroxyl groups excluding tert-OH is 1. The monoisotopic (exact) mass is 396 g/mol. The summed E-state index contributed by atoms with van der Waals surface area (Å²) in [6, 6.07) is 7.86. The molecule has 6 rings (SSSR count). The Balaban J connectivity index is 1.73. The fraction of sp³-hybridized carbons (Fsp3) is 0.333. The van der Waals surface area contributed by atoms with E-state index in [-0.39, 0.29) is 41.3 Å². The molecule has 2 N–H and O–H groups in total. The predicted octanol–water partition coefficient (Wildman–Crippen LogP) is 1.75. The van der Waals surface area contributed by atoms with E-state index in [1.165, 1.54) is 19.2 Å². The number of hydrogen-bond acceptors (Lipinski definition) is 8. The van der Waals surface area contributed by atoms with Gasteiger partial charge in [-0.1, -0.05) is 12.1 Å². The first-order chi connectivity index (χ1) is 13.9. The van der Waals surface area contributed by atoms with Gasteiger partial charge in [0.05, 0.1) is 16.7 Å². The molecule has 2 bridgehead atoms. The Morgan fingerprint density at radius 3 is 2.55 bits per heavy atom.